The highest BCUT2D eigenvalue weighted by Crippen LogP contribution is 2.35. The predicted octanol–water partition coefficient (Wildman–Crippen LogP) is 5.30. The van der Waals surface area contributed by atoms with Gasteiger partial charge >= 0.3 is 5.97 Å². The van der Waals surface area contributed by atoms with Crippen LogP contribution in [0.25, 0.3) is 22.2 Å². The van der Waals surface area contributed by atoms with Crippen molar-refractivity contribution in [2.45, 2.75) is 56.6 Å². The van der Waals surface area contributed by atoms with Gasteiger partial charge in [-0.3, -0.25) is 4.79 Å². The minimum Gasteiger partial charge on any atom is -0.461 e. The first-order valence-corrected chi connectivity index (χ1v) is 12.4. The number of ether oxygens (including phenoxy) is 1. The molecule has 1 heterocycles. The van der Waals surface area contributed by atoms with Crippen LogP contribution in [-0.4, -0.2) is 25.4 Å². The molecule has 170 valence electrons. The summed E-state index contributed by atoms with van der Waals surface area (Å²) >= 11 is 6.27. The summed E-state index contributed by atoms with van der Waals surface area (Å²) in [4.78, 5) is 14.5. The van der Waals surface area contributed by atoms with Crippen LogP contribution in [0.2, 0.25) is 5.02 Å². The van der Waals surface area contributed by atoms with Crippen molar-refractivity contribution in [1.29, 1.82) is 0 Å². The number of aromatic nitrogens is 1. The minimum atomic E-state index is -3.85. The smallest absolute Gasteiger partial charge is 0.302 e. The summed E-state index contributed by atoms with van der Waals surface area (Å²) in [6.45, 7) is 1.12. The normalized spacial score (nSPS) is 15.2. The summed E-state index contributed by atoms with van der Waals surface area (Å²) < 4.78 is 48.7. The van der Waals surface area contributed by atoms with Gasteiger partial charge in [0.2, 0.25) is 10.0 Å². The van der Waals surface area contributed by atoms with E-state index in [9.17, 15) is 17.6 Å². The molecule has 0 amide bonds. The van der Waals surface area contributed by atoms with E-state index >= 15 is 0 Å². The lowest BCUT2D eigenvalue weighted by Crippen LogP contribution is -2.36. The van der Waals surface area contributed by atoms with Crippen LogP contribution in [0.1, 0.15) is 44.6 Å². The van der Waals surface area contributed by atoms with Crippen molar-refractivity contribution in [3.8, 4) is 11.3 Å². The van der Waals surface area contributed by atoms with Gasteiger partial charge in [-0.05, 0) is 42.7 Å². The number of fused-ring (bicyclic) bond motifs is 1. The maximum atomic E-state index is 14.6. The van der Waals surface area contributed by atoms with E-state index < -0.39 is 21.8 Å². The first-order chi connectivity index (χ1) is 15.3. The van der Waals surface area contributed by atoms with E-state index in [4.69, 9.17) is 16.3 Å². The maximum Gasteiger partial charge on any atom is 0.302 e. The molecule has 6 nitrogen and oxygen atoms in total. The first-order valence-electron chi connectivity index (χ1n) is 10.5. The first kappa shape index (κ1) is 22.8. The number of hydrogen-bond acceptors (Lipinski definition) is 4. The standard InChI is InChI=1S/C23H24ClFN2O4S/c1-14(28)31-13-17-22-19(25)8-5-9-20(22)26-23(17)15-10-11-18(24)21(12-15)32(29,30)27-16-6-3-2-4-7-16/h5,8-12,16,26-27H,2-4,6-7,13H2,1H3. The van der Waals surface area contributed by atoms with Gasteiger partial charge in [0.25, 0.3) is 0 Å². The average Bonchev–Trinajstić information content (AvgIpc) is 3.12. The van der Waals surface area contributed by atoms with Crippen LogP contribution in [0.15, 0.2) is 41.3 Å². The molecule has 1 fully saturated rings. The Morgan fingerprint density at radius 1 is 1.22 bits per heavy atom. The second-order valence-corrected chi connectivity index (χ2v) is 10.1. The quantitative estimate of drug-likeness (QED) is 0.470. The number of carbonyl (C=O) groups excluding carboxylic acids is 1. The lowest BCUT2D eigenvalue weighted by Gasteiger charge is -2.23. The Bertz CT molecular complexity index is 1270. The van der Waals surface area contributed by atoms with Gasteiger partial charge in [-0.25, -0.2) is 17.5 Å². The molecule has 1 saturated carbocycles. The molecule has 2 aromatic carbocycles. The molecule has 2 N–H and O–H groups in total. The van der Waals surface area contributed by atoms with Crippen molar-refractivity contribution in [2.24, 2.45) is 0 Å². The van der Waals surface area contributed by atoms with Crippen LogP contribution in [0.4, 0.5) is 4.39 Å². The van der Waals surface area contributed by atoms with E-state index in [-0.39, 0.29) is 22.6 Å². The van der Waals surface area contributed by atoms with E-state index in [0.29, 0.717) is 27.7 Å². The van der Waals surface area contributed by atoms with Crippen LogP contribution in [0.3, 0.4) is 0 Å². The lowest BCUT2D eigenvalue weighted by molar-refractivity contribution is -0.142. The van der Waals surface area contributed by atoms with Gasteiger partial charge in [-0.2, -0.15) is 0 Å². The molecular formula is C23H24ClFN2O4S. The number of H-pyrrole nitrogens is 1. The highest BCUT2D eigenvalue weighted by Gasteiger charge is 2.25. The molecule has 9 heteroatoms. The van der Waals surface area contributed by atoms with Gasteiger partial charge in [0.1, 0.15) is 17.3 Å². The van der Waals surface area contributed by atoms with Gasteiger partial charge in [-0.15, -0.1) is 0 Å². The third-order valence-corrected chi connectivity index (χ3v) is 7.74. The zero-order valence-electron chi connectivity index (χ0n) is 17.6. The average molecular weight is 479 g/mol. The van der Waals surface area contributed by atoms with Crippen molar-refractivity contribution in [3.63, 3.8) is 0 Å². The topological polar surface area (TPSA) is 88.3 Å². The highest BCUT2D eigenvalue weighted by atomic mass is 35.5. The molecule has 3 aromatic rings. The fourth-order valence-electron chi connectivity index (χ4n) is 4.20. The second-order valence-electron chi connectivity index (χ2n) is 8.02. The van der Waals surface area contributed by atoms with Crippen molar-refractivity contribution < 1.29 is 22.3 Å². The second kappa shape index (κ2) is 9.21. The molecule has 1 aliphatic carbocycles. The third-order valence-electron chi connectivity index (χ3n) is 5.73. The van der Waals surface area contributed by atoms with E-state index in [2.05, 4.69) is 9.71 Å². The Balaban J connectivity index is 1.78. The van der Waals surface area contributed by atoms with Crippen LogP contribution < -0.4 is 4.72 Å². The molecular weight excluding hydrogens is 455 g/mol. The lowest BCUT2D eigenvalue weighted by atomic mass is 9.96. The molecule has 1 aromatic heterocycles. The van der Waals surface area contributed by atoms with Gasteiger partial charge in [0.05, 0.1) is 10.7 Å². The van der Waals surface area contributed by atoms with Gasteiger partial charge in [0.15, 0.2) is 0 Å². The fraction of sp³-hybridized carbons (Fsp3) is 0.348. The maximum absolute atomic E-state index is 14.6. The molecule has 0 atom stereocenters. The van der Waals surface area contributed by atoms with Crippen LogP contribution >= 0.6 is 11.6 Å². The number of halogens is 2. The SMILES string of the molecule is CC(=O)OCc1c(-c2ccc(Cl)c(S(=O)(=O)NC3CCCCC3)c2)[nH]c2cccc(F)c12. The molecule has 0 bridgehead atoms. The van der Waals surface area contributed by atoms with Crippen molar-refractivity contribution in [3.05, 3.63) is 52.8 Å². The van der Waals surface area contributed by atoms with Gasteiger partial charge < -0.3 is 9.72 Å². The molecule has 0 aliphatic heterocycles. The van der Waals surface area contributed by atoms with Crippen LogP contribution in [0.5, 0.6) is 0 Å². The Labute approximate surface area is 191 Å². The number of esters is 1. The van der Waals surface area contributed by atoms with E-state index in [0.717, 1.165) is 32.1 Å². The van der Waals surface area contributed by atoms with E-state index in [1.54, 1.807) is 18.2 Å². The van der Waals surface area contributed by atoms with E-state index in [1.165, 1.54) is 25.1 Å². The number of aromatic amines is 1. The largest absolute Gasteiger partial charge is 0.461 e. The summed E-state index contributed by atoms with van der Waals surface area (Å²) in [5.41, 5.74) is 1.91. The summed E-state index contributed by atoms with van der Waals surface area (Å²) in [5.74, 6) is -0.967. The highest BCUT2D eigenvalue weighted by molar-refractivity contribution is 7.89. The predicted molar refractivity (Wildman–Crippen MR) is 121 cm³/mol. The molecule has 0 spiro atoms. The van der Waals surface area contributed by atoms with Crippen LogP contribution in [0, 0.1) is 5.82 Å². The van der Waals surface area contributed by atoms with Gasteiger partial charge in [-0.1, -0.05) is 43.0 Å². The number of benzene rings is 2. The Hall–Kier alpha value is -2.42. The number of sulfonamides is 1. The Morgan fingerprint density at radius 3 is 2.69 bits per heavy atom. The summed E-state index contributed by atoms with van der Waals surface area (Å²) in [6.07, 6.45) is 4.67. The van der Waals surface area contributed by atoms with Crippen molar-refractivity contribution in [2.75, 3.05) is 0 Å². The number of carbonyl (C=O) groups is 1. The minimum absolute atomic E-state index is 0.0418. The Kier molecular flexibility index (Phi) is 6.55. The zero-order valence-corrected chi connectivity index (χ0v) is 19.2. The number of rotatable bonds is 6. The molecule has 0 radical (unpaired) electrons. The molecule has 0 unspecified atom stereocenters. The molecule has 1 aliphatic rings. The summed E-state index contributed by atoms with van der Waals surface area (Å²) in [7, 11) is -3.85. The Morgan fingerprint density at radius 2 is 1.97 bits per heavy atom. The van der Waals surface area contributed by atoms with Crippen LogP contribution in [-0.2, 0) is 26.2 Å². The summed E-state index contributed by atoms with van der Waals surface area (Å²) in [6, 6.07) is 9.11. The molecule has 32 heavy (non-hydrogen) atoms. The monoisotopic (exact) mass is 478 g/mol. The third kappa shape index (κ3) is 4.67. The fourth-order valence-corrected chi connectivity index (χ4v) is 6.03. The van der Waals surface area contributed by atoms with Crippen molar-refractivity contribution in [1.82, 2.24) is 9.71 Å². The number of nitrogens with one attached hydrogen (secondary N) is 2. The zero-order chi connectivity index (χ0) is 22.9. The molecule has 4 rings (SSSR count). The molecule has 0 saturated heterocycles. The summed E-state index contributed by atoms with van der Waals surface area (Å²) in [5, 5.41) is 0.393. The van der Waals surface area contributed by atoms with E-state index in [1.807, 2.05) is 0 Å². The van der Waals surface area contributed by atoms with Crippen molar-refractivity contribution >= 4 is 38.5 Å². The van der Waals surface area contributed by atoms with Gasteiger partial charge in [0, 0.05) is 29.4 Å². The number of hydrogen-bond donors (Lipinski definition) is 2.